The Balaban J connectivity index is 2.77. The third-order valence-electron chi connectivity index (χ3n) is 4.24. The van der Waals surface area contributed by atoms with Gasteiger partial charge in [0.25, 0.3) is 0 Å². The molecule has 0 amide bonds. The van der Waals surface area contributed by atoms with Crippen molar-refractivity contribution < 1.29 is 0 Å². The zero-order chi connectivity index (χ0) is 11.1. The van der Waals surface area contributed by atoms with Crippen LogP contribution >= 0.6 is 0 Å². The van der Waals surface area contributed by atoms with Crippen LogP contribution in [-0.4, -0.2) is 0 Å². The minimum absolute atomic E-state index is 0.406. The van der Waals surface area contributed by atoms with Crippen molar-refractivity contribution in [2.45, 2.75) is 54.9 Å². The predicted octanol–water partition coefficient (Wildman–Crippen LogP) is 4.66. The average Bonchev–Trinajstić information content (AvgIpc) is 2.77. The van der Waals surface area contributed by atoms with Gasteiger partial charge >= 0.3 is 0 Å². The molecule has 0 bridgehead atoms. The van der Waals surface area contributed by atoms with E-state index in [1.165, 1.54) is 6.42 Å². The molecule has 0 aromatic rings. The standard InChI is InChI=1S/C14H26/c1-9-8-13(9)11(3)10(2)12(4)14(5,6)7/h9,12-13H,8H2,1-7H3. The van der Waals surface area contributed by atoms with Crippen molar-refractivity contribution >= 4 is 0 Å². The van der Waals surface area contributed by atoms with Crippen LogP contribution in [0.5, 0.6) is 0 Å². The zero-order valence-corrected chi connectivity index (χ0v) is 10.9. The first kappa shape index (κ1) is 11.8. The number of hydrogen-bond donors (Lipinski definition) is 0. The van der Waals surface area contributed by atoms with Gasteiger partial charge in [0.1, 0.15) is 0 Å². The largest absolute Gasteiger partial charge is 0.0708 e. The summed E-state index contributed by atoms with van der Waals surface area (Å²) in [5.41, 5.74) is 3.70. The lowest BCUT2D eigenvalue weighted by molar-refractivity contribution is 0.298. The van der Waals surface area contributed by atoms with Gasteiger partial charge in [0.2, 0.25) is 0 Å². The molecule has 0 nitrogen and oxygen atoms in total. The topological polar surface area (TPSA) is 0 Å². The molecule has 0 aliphatic heterocycles. The molecule has 0 aromatic heterocycles. The molecule has 14 heavy (non-hydrogen) atoms. The second-order valence-corrected chi connectivity index (χ2v) is 6.27. The van der Waals surface area contributed by atoms with E-state index in [-0.39, 0.29) is 0 Å². The van der Waals surface area contributed by atoms with Crippen molar-refractivity contribution in [1.29, 1.82) is 0 Å². The summed E-state index contributed by atoms with van der Waals surface area (Å²) in [5, 5.41) is 0. The van der Waals surface area contributed by atoms with Gasteiger partial charge in [-0.25, -0.2) is 0 Å². The van der Waals surface area contributed by atoms with Gasteiger partial charge in [0.05, 0.1) is 0 Å². The molecule has 0 radical (unpaired) electrons. The van der Waals surface area contributed by atoms with E-state index in [2.05, 4.69) is 48.5 Å². The summed E-state index contributed by atoms with van der Waals surface area (Å²) in [5.74, 6) is 2.55. The van der Waals surface area contributed by atoms with Crippen LogP contribution in [0.1, 0.15) is 54.9 Å². The quantitative estimate of drug-likeness (QED) is 0.561. The van der Waals surface area contributed by atoms with Crippen LogP contribution in [0.15, 0.2) is 11.1 Å². The summed E-state index contributed by atoms with van der Waals surface area (Å²) in [6, 6.07) is 0. The van der Waals surface area contributed by atoms with Gasteiger partial charge in [0.15, 0.2) is 0 Å². The van der Waals surface area contributed by atoms with Crippen LogP contribution in [0.3, 0.4) is 0 Å². The maximum absolute atomic E-state index is 2.37. The van der Waals surface area contributed by atoms with Crippen molar-refractivity contribution in [2.75, 3.05) is 0 Å². The van der Waals surface area contributed by atoms with Crippen LogP contribution in [0.2, 0.25) is 0 Å². The average molecular weight is 194 g/mol. The fourth-order valence-electron chi connectivity index (χ4n) is 2.21. The van der Waals surface area contributed by atoms with Crippen molar-refractivity contribution in [3.63, 3.8) is 0 Å². The third-order valence-corrected chi connectivity index (χ3v) is 4.24. The number of rotatable bonds is 2. The Kier molecular flexibility index (Phi) is 3.13. The van der Waals surface area contributed by atoms with E-state index in [0.29, 0.717) is 11.3 Å². The fraction of sp³-hybridized carbons (Fsp3) is 0.857. The molecule has 3 atom stereocenters. The molecule has 0 N–H and O–H groups in total. The highest BCUT2D eigenvalue weighted by molar-refractivity contribution is 5.21. The van der Waals surface area contributed by atoms with Crippen molar-refractivity contribution in [1.82, 2.24) is 0 Å². The summed E-state index contributed by atoms with van der Waals surface area (Å²) in [7, 11) is 0. The Labute approximate surface area is 89.8 Å². The third kappa shape index (κ3) is 2.40. The maximum atomic E-state index is 2.37. The normalized spacial score (nSPS) is 31.1. The van der Waals surface area contributed by atoms with Crippen LogP contribution in [-0.2, 0) is 0 Å². The monoisotopic (exact) mass is 194 g/mol. The first-order valence-electron chi connectivity index (χ1n) is 5.92. The van der Waals surface area contributed by atoms with Crippen molar-refractivity contribution in [2.24, 2.45) is 23.2 Å². The van der Waals surface area contributed by atoms with Gasteiger partial charge in [-0.05, 0) is 43.4 Å². The van der Waals surface area contributed by atoms with E-state index in [0.717, 1.165) is 11.8 Å². The first-order chi connectivity index (χ1) is 6.25. The molecular formula is C14H26. The Morgan fingerprint density at radius 3 is 1.93 bits per heavy atom. The SMILES string of the molecule is CC(=C(C)C(C)C(C)(C)C)C1CC1C. The highest BCUT2D eigenvalue weighted by atomic mass is 14.4. The van der Waals surface area contributed by atoms with Crippen molar-refractivity contribution in [3.8, 4) is 0 Å². The summed E-state index contributed by atoms with van der Waals surface area (Å²) in [4.78, 5) is 0. The number of allylic oxidation sites excluding steroid dienone is 2. The van der Waals surface area contributed by atoms with E-state index < -0.39 is 0 Å². The van der Waals surface area contributed by atoms with Crippen LogP contribution in [0.4, 0.5) is 0 Å². The Hall–Kier alpha value is -0.260. The molecule has 1 rings (SSSR count). The van der Waals surface area contributed by atoms with Gasteiger partial charge in [-0.1, -0.05) is 45.8 Å². The summed E-state index contributed by atoms with van der Waals surface area (Å²) < 4.78 is 0. The first-order valence-corrected chi connectivity index (χ1v) is 5.92. The lowest BCUT2D eigenvalue weighted by Gasteiger charge is -2.29. The zero-order valence-electron chi connectivity index (χ0n) is 10.9. The molecule has 0 heteroatoms. The van der Waals surface area contributed by atoms with Gasteiger partial charge in [-0.15, -0.1) is 0 Å². The van der Waals surface area contributed by atoms with Crippen LogP contribution in [0, 0.1) is 23.2 Å². The Bertz CT molecular complexity index is 239. The molecule has 1 aliphatic carbocycles. The molecule has 1 saturated carbocycles. The minimum Gasteiger partial charge on any atom is -0.0708 e. The molecular weight excluding hydrogens is 168 g/mol. The van der Waals surface area contributed by atoms with Gasteiger partial charge in [0, 0.05) is 0 Å². The summed E-state index contributed by atoms with van der Waals surface area (Å²) in [6.45, 7) is 16.4. The molecule has 1 aliphatic rings. The predicted molar refractivity (Wildman–Crippen MR) is 64.3 cm³/mol. The molecule has 0 spiro atoms. The smallest absolute Gasteiger partial charge is 0.0175 e. The Morgan fingerprint density at radius 2 is 1.64 bits per heavy atom. The van der Waals surface area contributed by atoms with Crippen molar-refractivity contribution in [3.05, 3.63) is 11.1 Å². The minimum atomic E-state index is 0.406. The van der Waals surface area contributed by atoms with E-state index in [1.54, 1.807) is 11.1 Å². The highest BCUT2D eigenvalue weighted by Crippen LogP contribution is 2.46. The molecule has 1 fully saturated rings. The molecule has 0 aromatic carbocycles. The van der Waals surface area contributed by atoms with E-state index >= 15 is 0 Å². The molecule has 0 saturated heterocycles. The lowest BCUT2D eigenvalue weighted by Crippen LogP contribution is -2.19. The Morgan fingerprint density at radius 1 is 1.21 bits per heavy atom. The van der Waals surface area contributed by atoms with E-state index in [4.69, 9.17) is 0 Å². The summed E-state index contributed by atoms with van der Waals surface area (Å²) in [6.07, 6.45) is 1.42. The summed E-state index contributed by atoms with van der Waals surface area (Å²) >= 11 is 0. The van der Waals surface area contributed by atoms with E-state index in [1.807, 2.05) is 0 Å². The van der Waals surface area contributed by atoms with Gasteiger partial charge < -0.3 is 0 Å². The lowest BCUT2D eigenvalue weighted by atomic mass is 9.76. The number of hydrogen-bond acceptors (Lipinski definition) is 0. The van der Waals surface area contributed by atoms with Gasteiger partial charge in [-0.2, -0.15) is 0 Å². The maximum Gasteiger partial charge on any atom is -0.0175 e. The highest BCUT2D eigenvalue weighted by Gasteiger charge is 2.35. The molecule has 82 valence electrons. The van der Waals surface area contributed by atoms with Crippen LogP contribution < -0.4 is 0 Å². The second-order valence-electron chi connectivity index (χ2n) is 6.27. The second kappa shape index (κ2) is 3.72. The van der Waals surface area contributed by atoms with Gasteiger partial charge in [-0.3, -0.25) is 0 Å². The van der Waals surface area contributed by atoms with E-state index in [9.17, 15) is 0 Å². The molecule has 3 unspecified atom stereocenters. The van der Waals surface area contributed by atoms with Crippen LogP contribution in [0.25, 0.3) is 0 Å². The molecule has 0 heterocycles. The fourth-order valence-corrected chi connectivity index (χ4v) is 2.21.